The van der Waals surface area contributed by atoms with Crippen molar-refractivity contribution in [2.24, 2.45) is 0 Å². The van der Waals surface area contributed by atoms with Crippen LogP contribution in [0, 0.1) is 0 Å². The second kappa shape index (κ2) is 5.89. The Morgan fingerprint density at radius 2 is 2.28 bits per heavy atom. The highest BCUT2D eigenvalue weighted by Gasteiger charge is 2.24. The molecule has 2 N–H and O–H groups in total. The van der Waals surface area contributed by atoms with E-state index in [1.54, 1.807) is 0 Å². The molecule has 0 spiro atoms. The molecule has 2 rings (SSSR count). The number of nitrogen functional groups attached to an aromatic ring is 1. The molecule has 0 amide bonds. The van der Waals surface area contributed by atoms with Crippen molar-refractivity contribution in [3.63, 3.8) is 0 Å². The summed E-state index contributed by atoms with van der Waals surface area (Å²) in [6.45, 7) is 5.48. The number of hydrogen-bond acceptors (Lipinski definition) is 4. The molecular weight excluding hydrogens is 292 g/mol. The largest absolute Gasteiger partial charge is 0.396 e. The molecule has 0 saturated carbocycles. The van der Waals surface area contributed by atoms with Crippen LogP contribution in [0.3, 0.4) is 0 Å². The van der Waals surface area contributed by atoms with Gasteiger partial charge in [0, 0.05) is 29.8 Å². The number of nitrogens with two attached hydrogens (primary N) is 1. The molecule has 0 aliphatic carbocycles. The van der Waals surface area contributed by atoms with Gasteiger partial charge in [0.25, 0.3) is 0 Å². The van der Waals surface area contributed by atoms with Crippen molar-refractivity contribution in [2.45, 2.75) is 25.8 Å². The van der Waals surface area contributed by atoms with Crippen molar-refractivity contribution >= 4 is 27.4 Å². The van der Waals surface area contributed by atoms with Gasteiger partial charge >= 0.3 is 0 Å². The van der Waals surface area contributed by atoms with Gasteiger partial charge < -0.3 is 15.5 Å². The molecule has 1 aliphatic heterocycles. The van der Waals surface area contributed by atoms with Crippen molar-refractivity contribution in [3.8, 4) is 0 Å². The number of pyridine rings is 1. The van der Waals surface area contributed by atoms with Crippen molar-refractivity contribution in [1.29, 1.82) is 0 Å². The van der Waals surface area contributed by atoms with E-state index in [2.05, 4.69) is 44.7 Å². The minimum atomic E-state index is 0.494. The molecule has 1 aliphatic rings. The lowest BCUT2D eigenvalue weighted by atomic mass is 10.1. The van der Waals surface area contributed by atoms with Crippen LogP contribution in [0.1, 0.15) is 19.8 Å². The molecule has 100 valence electrons. The van der Waals surface area contributed by atoms with Gasteiger partial charge in [-0.3, -0.25) is 0 Å². The Morgan fingerprint density at radius 1 is 1.50 bits per heavy atom. The molecule has 0 aromatic carbocycles. The van der Waals surface area contributed by atoms with Crippen LogP contribution in [0.4, 0.5) is 11.5 Å². The summed E-state index contributed by atoms with van der Waals surface area (Å²) in [5, 5.41) is 0. The Kier molecular flexibility index (Phi) is 4.45. The molecule has 0 bridgehead atoms. The Bertz CT molecular complexity index is 410. The number of halogens is 1. The maximum absolute atomic E-state index is 6.11. The Morgan fingerprint density at radius 3 is 2.94 bits per heavy atom. The number of likely N-dealkylation sites (N-methyl/N-ethyl adjacent to an activating group) is 1. The van der Waals surface area contributed by atoms with Gasteiger partial charge in [-0.05, 0) is 48.4 Å². The molecule has 2 heterocycles. The van der Waals surface area contributed by atoms with Crippen molar-refractivity contribution in [1.82, 2.24) is 9.88 Å². The minimum absolute atomic E-state index is 0.494. The lowest BCUT2D eigenvalue weighted by Crippen LogP contribution is -2.40. The number of rotatable bonds is 2. The Labute approximate surface area is 117 Å². The second-order valence-corrected chi connectivity index (χ2v) is 5.85. The summed E-state index contributed by atoms with van der Waals surface area (Å²) in [5.74, 6) is 0.931. The molecule has 1 atom stereocenters. The van der Waals surface area contributed by atoms with Crippen LogP contribution in [0.15, 0.2) is 16.7 Å². The van der Waals surface area contributed by atoms with Gasteiger partial charge in [0.1, 0.15) is 0 Å². The lowest BCUT2D eigenvalue weighted by molar-refractivity contribution is 0.328. The Hall–Kier alpha value is -0.810. The summed E-state index contributed by atoms with van der Waals surface area (Å²) in [4.78, 5) is 9.26. The summed E-state index contributed by atoms with van der Waals surface area (Å²) >= 11 is 3.41. The summed E-state index contributed by atoms with van der Waals surface area (Å²) in [5.41, 5.74) is 6.86. The SMILES string of the molecule is CCC1CN(C)CCCN1c1ncc(Br)cc1N. The normalized spacial score (nSPS) is 21.9. The summed E-state index contributed by atoms with van der Waals surface area (Å²) in [6, 6.07) is 2.43. The van der Waals surface area contributed by atoms with Crippen LogP contribution in [0.25, 0.3) is 0 Å². The first-order valence-electron chi connectivity index (χ1n) is 6.48. The second-order valence-electron chi connectivity index (χ2n) is 4.94. The number of nitrogens with zero attached hydrogens (tertiary/aromatic N) is 3. The monoisotopic (exact) mass is 312 g/mol. The highest BCUT2D eigenvalue weighted by Crippen LogP contribution is 2.27. The average Bonchev–Trinajstić information content (AvgIpc) is 2.51. The van der Waals surface area contributed by atoms with Crippen molar-refractivity contribution < 1.29 is 0 Å². The number of aromatic nitrogens is 1. The number of hydrogen-bond donors (Lipinski definition) is 1. The minimum Gasteiger partial charge on any atom is -0.396 e. The zero-order valence-corrected chi connectivity index (χ0v) is 12.7. The summed E-state index contributed by atoms with van der Waals surface area (Å²) < 4.78 is 0.934. The van der Waals surface area contributed by atoms with Gasteiger partial charge in [-0.1, -0.05) is 6.92 Å². The summed E-state index contributed by atoms with van der Waals surface area (Å²) in [6.07, 6.45) is 4.10. The zero-order chi connectivity index (χ0) is 13.1. The van der Waals surface area contributed by atoms with E-state index in [9.17, 15) is 0 Å². The molecule has 1 aromatic rings. The highest BCUT2D eigenvalue weighted by atomic mass is 79.9. The van der Waals surface area contributed by atoms with Crippen LogP contribution in [-0.2, 0) is 0 Å². The quantitative estimate of drug-likeness (QED) is 0.910. The van der Waals surface area contributed by atoms with Gasteiger partial charge in [0.2, 0.25) is 0 Å². The first-order valence-corrected chi connectivity index (χ1v) is 7.27. The van der Waals surface area contributed by atoms with Crippen molar-refractivity contribution in [3.05, 3.63) is 16.7 Å². The number of anilines is 2. The van der Waals surface area contributed by atoms with E-state index in [-0.39, 0.29) is 0 Å². The first kappa shape index (κ1) is 13.6. The van der Waals surface area contributed by atoms with Crippen LogP contribution in [0.5, 0.6) is 0 Å². The third-order valence-electron chi connectivity index (χ3n) is 3.51. The molecule has 0 radical (unpaired) electrons. The van der Waals surface area contributed by atoms with Gasteiger partial charge in [-0.2, -0.15) is 0 Å². The van der Waals surface area contributed by atoms with Gasteiger partial charge in [-0.25, -0.2) is 4.98 Å². The molecule has 4 nitrogen and oxygen atoms in total. The zero-order valence-electron chi connectivity index (χ0n) is 11.1. The third-order valence-corrected chi connectivity index (χ3v) is 3.94. The van der Waals surface area contributed by atoms with E-state index >= 15 is 0 Å². The van der Waals surface area contributed by atoms with Crippen LogP contribution in [0.2, 0.25) is 0 Å². The Balaban J connectivity index is 2.28. The fourth-order valence-corrected chi connectivity index (χ4v) is 2.91. The van der Waals surface area contributed by atoms with E-state index in [0.29, 0.717) is 6.04 Å². The molecule has 1 fully saturated rings. The molecule has 1 aromatic heterocycles. The van der Waals surface area contributed by atoms with E-state index in [1.165, 1.54) is 0 Å². The maximum Gasteiger partial charge on any atom is 0.152 e. The van der Waals surface area contributed by atoms with Crippen LogP contribution >= 0.6 is 15.9 Å². The van der Waals surface area contributed by atoms with E-state index in [0.717, 1.165) is 48.5 Å². The van der Waals surface area contributed by atoms with Crippen molar-refractivity contribution in [2.75, 3.05) is 37.3 Å². The molecule has 1 saturated heterocycles. The van der Waals surface area contributed by atoms with Crippen LogP contribution < -0.4 is 10.6 Å². The standard InChI is InChI=1S/C13H21BrN4/c1-3-11-9-17(2)5-4-6-18(11)13-12(15)7-10(14)8-16-13/h7-8,11H,3-6,9,15H2,1-2H3. The fraction of sp³-hybridized carbons (Fsp3) is 0.615. The molecular formula is C13H21BrN4. The lowest BCUT2D eigenvalue weighted by Gasteiger charge is -2.32. The summed E-state index contributed by atoms with van der Waals surface area (Å²) in [7, 11) is 2.19. The van der Waals surface area contributed by atoms with E-state index < -0.39 is 0 Å². The topological polar surface area (TPSA) is 45.4 Å². The van der Waals surface area contributed by atoms with Gasteiger partial charge in [0.05, 0.1) is 5.69 Å². The van der Waals surface area contributed by atoms with E-state index in [4.69, 9.17) is 5.73 Å². The predicted molar refractivity (Wildman–Crippen MR) is 79.9 cm³/mol. The first-order chi connectivity index (χ1) is 8.61. The fourth-order valence-electron chi connectivity index (χ4n) is 2.56. The van der Waals surface area contributed by atoms with Gasteiger partial charge in [-0.15, -0.1) is 0 Å². The van der Waals surface area contributed by atoms with Gasteiger partial charge in [0.15, 0.2) is 5.82 Å². The predicted octanol–water partition coefficient (Wildman–Crippen LogP) is 2.35. The average molecular weight is 313 g/mol. The highest BCUT2D eigenvalue weighted by molar-refractivity contribution is 9.10. The molecule has 1 unspecified atom stereocenters. The van der Waals surface area contributed by atoms with E-state index in [1.807, 2.05) is 12.3 Å². The molecule has 5 heteroatoms. The smallest absolute Gasteiger partial charge is 0.152 e. The third kappa shape index (κ3) is 2.95. The maximum atomic E-state index is 6.11. The van der Waals surface area contributed by atoms with Crippen LogP contribution in [-0.4, -0.2) is 42.6 Å². The molecule has 18 heavy (non-hydrogen) atoms.